The van der Waals surface area contributed by atoms with Crippen LogP contribution in [0.15, 0.2) is 71.1 Å². The lowest BCUT2D eigenvalue weighted by molar-refractivity contribution is 0.205. The summed E-state index contributed by atoms with van der Waals surface area (Å²) in [5.74, 6) is 2.85. The zero-order chi connectivity index (χ0) is 22.5. The predicted molar refractivity (Wildman–Crippen MR) is 131 cm³/mol. The van der Waals surface area contributed by atoms with E-state index in [0.717, 1.165) is 36.4 Å². The Kier molecular flexibility index (Phi) is 6.79. The van der Waals surface area contributed by atoms with Crippen LogP contribution in [0.2, 0.25) is 5.02 Å². The summed E-state index contributed by atoms with van der Waals surface area (Å²) in [7, 11) is 0. The topological polar surface area (TPSA) is 47.7 Å². The summed E-state index contributed by atoms with van der Waals surface area (Å²) in [4.78, 5) is 7.18. The lowest BCUT2D eigenvalue weighted by atomic mass is 10.1. The molecule has 0 spiro atoms. The van der Waals surface area contributed by atoms with Crippen molar-refractivity contribution in [2.24, 2.45) is 0 Å². The van der Waals surface area contributed by atoms with Crippen LogP contribution in [0.4, 0.5) is 0 Å². The first-order valence-corrected chi connectivity index (χ1v) is 11.9. The van der Waals surface area contributed by atoms with Crippen LogP contribution >= 0.6 is 11.6 Å². The molecule has 0 radical (unpaired) electrons. The normalized spacial score (nSPS) is 14.5. The molecule has 170 valence electrons. The summed E-state index contributed by atoms with van der Waals surface area (Å²) in [5, 5.41) is 0.674. The Bertz CT molecular complexity index is 1180. The zero-order valence-corrected chi connectivity index (χ0v) is 19.3. The van der Waals surface area contributed by atoms with Crippen LogP contribution in [0.1, 0.15) is 25.7 Å². The number of rotatable bonds is 8. The number of likely N-dealkylation sites (tertiary alicyclic amines) is 1. The summed E-state index contributed by atoms with van der Waals surface area (Å²) in [5.41, 5.74) is 2.37. The van der Waals surface area contributed by atoms with Crippen molar-refractivity contribution in [1.82, 2.24) is 9.88 Å². The second-order valence-corrected chi connectivity index (χ2v) is 8.77. The number of ether oxygens (including phenoxy) is 2. The number of benzene rings is 3. The van der Waals surface area contributed by atoms with E-state index in [-0.39, 0.29) is 0 Å². The van der Waals surface area contributed by atoms with Crippen LogP contribution in [-0.2, 0) is 0 Å². The van der Waals surface area contributed by atoms with Crippen LogP contribution < -0.4 is 9.47 Å². The molecule has 0 saturated carbocycles. The van der Waals surface area contributed by atoms with Gasteiger partial charge in [0.2, 0.25) is 5.89 Å². The third-order valence-electron chi connectivity index (χ3n) is 5.85. The minimum absolute atomic E-state index is 0.574. The Hall–Kier alpha value is -3.02. The molecule has 2 heterocycles. The van der Waals surface area contributed by atoms with E-state index in [0.29, 0.717) is 28.0 Å². The van der Waals surface area contributed by atoms with Crippen LogP contribution in [-0.4, -0.2) is 36.1 Å². The monoisotopic (exact) mass is 462 g/mol. The first-order valence-electron chi connectivity index (χ1n) is 11.5. The van der Waals surface area contributed by atoms with Gasteiger partial charge in [-0.1, -0.05) is 18.0 Å². The van der Waals surface area contributed by atoms with Gasteiger partial charge in [-0.3, -0.25) is 0 Å². The third kappa shape index (κ3) is 5.67. The molecule has 5 nitrogen and oxygen atoms in total. The molecule has 0 amide bonds. The molecule has 0 bridgehead atoms. The Morgan fingerprint density at radius 1 is 0.848 bits per heavy atom. The van der Waals surface area contributed by atoms with Crippen molar-refractivity contribution < 1.29 is 13.9 Å². The summed E-state index contributed by atoms with van der Waals surface area (Å²) in [6.07, 6.45) is 5.08. The fraction of sp³-hybridized carbons (Fsp3) is 0.296. The van der Waals surface area contributed by atoms with Gasteiger partial charge in [0.25, 0.3) is 0 Å². The van der Waals surface area contributed by atoms with Crippen molar-refractivity contribution in [2.75, 3.05) is 26.2 Å². The maximum atomic E-state index is 5.95. The van der Waals surface area contributed by atoms with E-state index in [1.807, 2.05) is 54.6 Å². The molecule has 0 atom stereocenters. The SMILES string of the molecule is Clc1ccc(Oc2ccc3oc(-c4ccc(OCCCN5CCCCC5)cc4)nc3c2)cc1. The van der Waals surface area contributed by atoms with Crippen LogP contribution in [0.5, 0.6) is 17.2 Å². The maximum Gasteiger partial charge on any atom is 0.227 e. The summed E-state index contributed by atoms with van der Waals surface area (Å²) >= 11 is 5.94. The number of piperidine rings is 1. The van der Waals surface area contributed by atoms with E-state index in [1.54, 1.807) is 12.1 Å². The molecule has 4 aromatic rings. The zero-order valence-electron chi connectivity index (χ0n) is 18.5. The summed E-state index contributed by atoms with van der Waals surface area (Å²) in [6, 6.07) is 20.8. The predicted octanol–water partition coefficient (Wildman–Crippen LogP) is 7.20. The van der Waals surface area contributed by atoms with E-state index in [4.69, 9.17) is 25.5 Å². The molecule has 1 aliphatic rings. The first kappa shape index (κ1) is 21.8. The number of aromatic nitrogens is 1. The van der Waals surface area contributed by atoms with Gasteiger partial charge in [-0.05, 0) is 93.0 Å². The van der Waals surface area contributed by atoms with Gasteiger partial charge in [-0.25, -0.2) is 4.98 Å². The van der Waals surface area contributed by atoms with Gasteiger partial charge in [0.1, 0.15) is 22.8 Å². The van der Waals surface area contributed by atoms with E-state index >= 15 is 0 Å². The number of nitrogens with zero attached hydrogens (tertiary/aromatic N) is 2. The highest BCUT2D eigenvalue weighted by Crippen LogP contribution is 2.30. The van der Waals surface area contributed by atoms with Gasteiger partial charge in [0, 0.05) is 23.2 Å². The Balaban J connectivity index is 1.19. The van der Waals surface area contributed by atoms with Crippen molar-refractivity contribution in [2.45, 2.75) is 25.7 Å². The van der Waals surface area contributed by atoms with Gasteiger partial charge in [-0.15, -0.1) is 0 Å². The number of hydrogen-bond donors (Lipinski definition) is 0. The Labute approximate surface area is 198 Å². The molecule has 3 aromatic carbocycles. The molecule has 5 rings (SSSR count). The van der Waals surface area contributed by atoms with E-state index < -0.39 is 0 Å². The molecule has 6 heteroatoms. The fourth-order valence-corrected chi connectivity index (χ4v) is 4.21. The van der Waals surface area contributed by atoms with Crippen molar-refractivity contribution in [3.05, 3.63) is 71.8 Å². The Morgan fingerprint density at radius 3 is 2.36 bits per heavy atom. The minimum atomic E-state index is 0.574. The van der Waals surface area contributed by atoms with Gasteiger partial charge >= 0.3 is 0 Å². The number of halogens is 1. The van der Waals surface area contributed by atoms with Gasteiger partial charge < -0.3 is 18.8 Å². The van der Waals surface area contributed by atoms with Crippen molar-refractivity contribution in [1.29, 1.82) is 0 Å². The Morgan fingerprint density at radius 2 is 1.58 bits per heavy atom. The molecule has 33 heavy (non-hydrogen) atoms. The average molecular weight is 463 g/mol. The van der Waals surface area contributed by atoms with Gasteiger partial charge in [0.05, 0.1) is 6.61 Å². The van der Waals surface area contributed by atoms with Crippen LogP contribution in [0.25, 0.3) is 22.6 Å². The number of oxazole rings is 1. The van der Waals surface area contributed by atoms with E-state index in [1.165, 1.54) is 32.4 Å². The van der Waals surface area contributed by atoms with Crippen LogP contribution in [0, 0.1) is 0 Å². The smallest absolute Gasteiger partial charge is 0.227 e. The van der Waals surface area contributed by atoms with Gasteiger partial charge in [0.15, 0.2) is 5.58 Å². The highest BCUT2D eigenvalue weighted by molar-refractivity contribution is 6.30. The molecule has 1 saturated heterocycles. The molecule has 1 aliphatic heterocycles. The van der Waals surface area contributed by atoms with Crippen molar-refractivity contribution >= 4 is 22.7 Å². The second-order valence-electron chi connectivity index (χ2n) is 8.33. The number of fused-ring (bicyclic) bond motifs is 1. The van der Waals surface area contributed by atoms with E-state index in [2.05, 4.69) is 9.88 Å². The minimum Gasteiger partial charge on any atom is -0.494 e. The van der Waals surface area contributed by atoms with Gasteiger partial charge in [-0.2, -0.15) is 0 Å². The molecular weight excluding hydrogens is 436 g/mol. The maximum absolute atomic E-state index is 5.95. The van der Waals surface area contributed by atoms with E-state index in [9.17, 15) is 0 Å². The molecule has 0 unspecified atom stereocenters. The van der Waals surface area contributed by atoms with Crippen molar-refractivity contribution in [3.8, 4) is 28.7 Å². The summed E-state index contributed by atoms with van der Waals surface area (Å²) in [6.45, 7) is 4.31. The standard InChI is InChI=1S/C27H27ClN2O3/c28-21-7-11-23(12-8-21)32-24-13-14-26-25(19-24)29-27(33-26)20-5-9-22(10-6-20)31-18-4-17-30-15-2-1-3-16-30/h5-14,19H,1-4,15-18H2. The highest BCUT2D eigenvalue weighted by atomic mass is 35.5. The molecule has 1 aromatic heterocycles. The lowest BCUT2D eigenvalue weighted by Crippen LogP contribution is -2.31. The second kappa shape index (κ2) is 10.3. The molecule has 0 aliphatic carbocycles. The first-order chi connectivity index (χ1) is 16.2. The molecule has 0 N–H and O–H groups in total. The highest BCUT2D eigenvalue weighted by Gasteiger charge is 2.11. The average Bonchev–Trinajstić information content (AvgIpc) is 3.28. The fourth-order valence-electron chi connectivity index (χ4n) is 4.09. The van der Waals surface area contributed by atoms with Crippen LogP contribution in [0.3, 0.4) is 0 Å². The largest absolute Gasteiger partial charge is 0.494 e. The quantitative estimate of drug-likeness (QED) is 0.259. The molecular formula is C27H27ClN2O3. The molecule has 1 fully saturated rings. The summed E-state index contributed by atoms with van der Waals surface area (Å²) < 4.78 is 17.8. The number of hydrogen-bond acceptors (Lipinski definition) is 5. The lowest BCUT2D eigenvalue weighted by Gasteiger charge is -2.26. The third-order valence-corrected chi connectivity index (χ3v) is 6.10. The van der Waals surface area contributed by atoms with Crippen molar-refractivity contribution in [3.63, 3.8) is 0 Å².